The van der Waals surface area contributed by atoms with Gasteiger partial charge in [0.15, 0.2) is 0 Å². The van der Waals surface area contributed by atoms with Gasteiger partial charge in [-0.25, -0.2) is 4.98 Å². The first kappa shape index (κ1) is 22.4. The molecule has 33 heavy (non-hydrogen) atoms. The molecule has 0 atom stereocenters. The molecule has 0 unspecified atom stereocenters. The molecule has 3 aromatic rings. The summed E-state index contributed by atoms with van der Waals surface area (Å²) in [5.74, 6) is -0.900. The first-order valence-corrected chi connectivity index (χ1v) is 10.0. The molecule has 1 aliphatic heterocycles. The largest absolute Gasteiger partial charge is 0.573 e. The van der Waals surface area contributed by atoms with Crippen LogP contribution >= 0.6 is 0 Å². The summed E-state index contributed by atoms with van der Waals surface area (Å²) < 4.78 is 62.7. The fraction of sp³-hybridized carbons (Fsp3) is 0.318. The normalized spacial score (nSPS) is 14.8. The van der Waals surface area contributed by atoms with Crippen molar-refractivity contribution in [1.29, 1.82) is 5.26 Å². The monoisotopic (exact) mass is 462 g/mol. The van der Waals surface area contributed by atoms with Gasteiger partial charge in [0.05, 0.1) is 5.52 Å². The minimum atomic E-state index is -4.77. The van der Waals surface area contributed by atoms with E-state index >= 15 is 0 Å². The van der Waals surface area contributed by atoms with E-state index in [1.807, 2.05) is 6.07 Å². The van der Waals surface area contributed by atoms with Crippen LogP contribution in [-0.2, 0) is 7.05 Å². The lowest BCUT2D eigenvalue weighted by Crippen LogP contribution is -2.40. The Morgan fingerprint density at radius 1 is 1.09 bits per heavy atom. The molecule has 0 bridgehead atoms. The van der Waals surface area contributed by atoms with E-state index in [2.05, 4.69) is 9.72 Å². The maximum Gasteiger partial charge on any atom is 0.573 e. The van der Waals surface area contributed by atoms with Crippen LogP contribution in [0.25, 0.3) is 11.0 Å². The van der Waals surface area contributed by atoms with E-state index in [0.29, 0.717) is 37.2 Å². The minimum absolute atomic E-state index is 0.0531. The summed E-state index contributed by atoms with van der Waals surface area (Å²) in [7, 11) is 1.44. The van der Waals surface area contributed by atoms with E-state index in [1.165, 1.54) is 25.2 Å². The number of anilines is 1. The van der Waals surface area contributed by atoms with Gasteiger partial charge in [-0.05, 0) is 36.4 Å². The molecule has 0 amide bonds. The summed E-state index contributed by atoms with van der Waals surface area (Å²) in [5, 5.41) is 9.17. The number of ether oxygens (including phenoxy) is 2. The number of aryl methyl sites for hydroxylation is 1. The molecule has 4 rings (SSSR count). The Morgan fingerprint density at radius 3 is 2.33 bits per heavy atom. The van der Waals surface area contributed by atoms with E-state index in [9.17, 15) is 27.6 Å². The van der Waals surface area contributed by atoms with Gasteiger partial charge in [0, 0.05) is 33.0 Å². The van der Waals surface area contributed by atoms with Gasteiger partial charge in [-0.15, -0.1) is 13.2 Å². The lowest BCUT2D eigenvalue weighted by atomic mass is 10.1. The molecule has 1 aromatic carbocycles. The van der Waals surface area contributed by atoms with Crippen LogP contribution in [0, 0.1) is 17.1 Å². The van der Waals surface area contributed by atoms with Crippen LogP contribution in [0.3, 0.4) is 0 Å². The highest BCUT2D eigenvalue weighted by Gasteiger charge is 2.31. The molecular weight excluding hydrogens is 444 g/mol. The zero-order chi connectivity index (χ0) is 23.8. The maximum absolute atomic E-state index is 15.0. The first-order valence-electron chi connectivity index (χ1n) is 10.0. The summed E-state index contributed by atoms with van der Waals surface area (Å²) in [4.78, 5) is 18.3. The number of benzene rings is 1. The van der Waals surface area contributed by atoms with Crippen molar-refractivity contribution in [3.8, 4) is 17.6 Å². The Balaban J connectivity index is 1.50. The second kappa shape index (κ2) is 8.61. The summed E-state index contributed by atoms with van der Waals surface area (Å²) in [6.45, 7) is 0.717. The highest BCUT2D eigenvalue weighted by atomic mass is 19.4. The van der Waals surface area contributed by atoms with E-state index < -0.39 is 17.7 Å². The lowest BCUT2D eigenvalue weighted by Gasteiger charge is -2.34. The predicted molar refractivity (Wildman–Crippen MR) is 111 cm³/mol. The Hall–Kier alpha value is -3.81. The van der Waals surface area contributed by atoms with Gasteiger partial charge in [-0.3, -0.25) is 4.79 Å². The molecule has 172 valence electrons. The molecule has 0 spiro atoms. The standard InChI is InChI=1S/C22H18F4N4O3/c1-29-17-7-2-13(12-27)28-19(17)20(18(23)21(29)31)30-10-8-15(9-11-30)32-14-3-5-16(6-4-14)33-22(24,25)26/h2-7,15H,8-11H2,1H3. The number of piperidine rings is 1. The Bertz CT molecular complexity index is 1270. The number of hydrogen-bond acceptors (Lipinski definition) is 6. The number of nitriles is 1. The quantitative estimate of drug-likeness (QED) is 0.548. The minimum Gasteiger partial charge on any atom is -0.490 e. The maximum atomic E-state index is 15.0. The molecule has 0 radical (unpaired) electrons. The predicted octanol–water partition coefficient (Wildman–Crippen LogP) is 3.89. The number of rotatable bonds is 4. The van der Waals surface area contributed by atoms with E-state index in [-0.39, 0.29) is 28.8 Å². The first-order chi connectivity index (χ1) is 15.7. The number of fused-ring (bicyclic) bond motifs is 1. The molecule has 7 nitrogen and oxygen atoms in total. The fourth-order valence-electron chi connectivity index (χ4n) is 3.82. The van der Waals surface area contributed by atoms with Gasteiger partial charge in [-0.1, -0.05) is 0 Å². The van der Waals surface area contributed by atoms with Crippen molar-refractivity contribution in [2.75, 3.05) is 18.0 Å². The lowest BCUT2D eigenvalue weighted by molar-refractivity contribution is -0.274. The Kier molecular flexibility index (Phi) is 5.84. The van der Waals surface area contributed by atoms with E-state index in [0.717, 1.165) is 16.7 Å². The highest BCUT2D eigenvalue weighted by Crippen LogP contribution is 2.31. The summed E-state index contributed by atoms with van der Waals surface area (Å²) >= 11 is 0. The Labute approximate surface area is 185 Å². The van der Waals surface area contributed by atoms with Crippen LogP contribution in [0.5, 0.6) is 11.5 Å². The third-order valence-electron chi connectivity index (χ3n) is 5.39. The molecule has 0 saturated carbocycles. The molecular formula is C22H18F4N4O3. The second-order valence-electron chi connectivity index (χ2n) is 7.53. The summed E-state index contributed by atoms with van der Waals surface area (Å²) in [5.41, 5.74) is 0.0158. The molecule has 1 aliphatic rings. The number of halogens is 4. The smallest absolute Gasteiger partial charge is 0.490 e. The van der Waals surface area contributed by atoms with E-state index in [1.54, 1.807) is 11.0 Å². The van der Waals surface area contributed by atoms with E-state index in [4.69, 9.17) is 4.74 Å². The van der Waals surface area contributed by atoms with Crippen molar-refractivity contribution in [2.45, 2.75) is 25.3 Å². The van der Waals surface area contributed by atoms with Crippen molar-refractivity contribution < 1.29 is 27.0 Å². The number of hydrogen-bond donors (Lipinski definition) is 0. The third-order valence-corrected chi connectivity index (χ3v) is 5.39. The van der Waals surface area contributed by atoms with Crippen LogP contribution < -0.4 is 19.9 Å². The SMILES string of the molecule is Cn1c(=O)c(F)c(N2CCC(Oc3ccc(OC(F)(F)F)cc3)CC2)c2nc(C#N)ccc21. The molecule has 2 aromatic heterocycles. The van der Waals surface area contributed by atoms with Crippen molar-refractivity contribution in [3.63, 3.8) is 0 Å². The average Bonchev–Trinajstić information content (AvgIpc) is 2.79. The van der Waals surface area contributed by atoms with Gasteiger partial charge < -0.3 is 18.9 Å². The van der Waals surface area contributed by atoms with Gasteiger partial charge in [0.2, 0.25) is 5.82 Å². The highest BCUT2D eigenvalue weighted by molar-refractivity contribution is 5.89. The Morgan fingerprint density at radius 2 is 1.73 bits per heavy atom. The zero-order valence-electron chi connectivity index (χ0n) is 17.4. The van der Waals surface area contributed by atoms with Crippen LogP contribution in [0.4, 0.5) is 23.2 Å². The van der Waals surface area contributed by atoms with Crippen LogP contribution in [-0.4, -0.2) is 35.1 Å². The molecule has 0 N–H and O–H groups in total. The van der Waals surface area contributed by atoms with Crippen LogP contribution in [0.1, 0.15) is 18.5 Å². The molecule has 11 heteroatoms. The molecule has 1 fully saturated rings. The second-order valence-corrected chi connectivity index (χ2v) is 7.53. The summed E-state index contributed by atoms with van der Waals surface area (Å²) in [6, 6.07) is 10.0. The van der Waals surface area contributed by atoms with Crippen molar-refractivity contribution in [1.82, 2.24) is 9.55 Å². The van der Waals surface area contributed by atoms with Crippen molar-refractivity contribution in [3.05, 3.63) is 58.3 Å². The van der Waals surface area contributed by atoms with Gasteiger partial charge in [-0.2, -0.15) is 9.65 Å². The fourth-order valence-corrected chi connectivity index (χ4v) is 3.82. The third kappa shape index (κ3) is 4.69. The number of pyridine rings is 2. The average molecular weight is 462 g/mol. The molecule has 0 aliphatic carbocycles. The molecule has 1 saturated heterocycles. The van der Waals surface area contributed by atoms with Crippen LogP contribution in [0.2, 0.25) is 0 Å². The van der Waals surface area contributed by atoms with Gasteiger partial charge in [0.25, 0.3) is 5.56 Å². The molecule has 3 heterocycles. The van der Waals surface area contributed by atoms with Crippen molar-refractivity contribution >= 4 is 16.7 Å². The summed E-state index contributed by atoms with van der Waals surface area (Å²) in [6.07, 6.45) is -4.06. The number of aromatic nitrogens is 2. The van der Waals surface area contributed by atoms with Gasteiger partial charge >= 0.3 is 6.36 Å². The van der Waals surface area contributed by atoms with Crippen LogP contribution in [0.15, 0.2) is 41.2 Å². The van der Waals surface area contributed by atoms with Crippen molar-refractivity contribution in [2.24, 2.45) is 7.05 Å². The topological polar surface area (TPSA) is 80.4 Å². The number of alkyl halides is 3. The van der Waals surface area contributed by atoms with Gasteiger partial charge in [0.1, 0.15) is 40.6 Å². The zero-order valence-corrected chi connectivity index (χ0v) is 17.4. The number of nitrogens with zero attached hydrogens (tertiary/aromatic N) is 4.